The molecule has 0 amide bonds. The zero-order valence-corrected chi connectivity index (χ0v) is 11.5. The largest absolute Gasteiger partial charge is 0.490 e. The van der Waals surface area contributed by atoms with Crippen molar-refractivity contribution < 1.29 is 9.47 Å². The molecule has 0 aliphatic carbocycles. The van der Waals surface area contributed by atoms with E-state index in [2.05, 4.69) is 0 Å². The van der Waals surface area contributed by atoms with Gasteiger partial charge in [0, 0.05) is 16.8 Å². The van der Waals surface area contributed by atoms with E-state index in [1.165, 1.54) is 0 Å². The van der Waals surface area contributed by atoms with Gasteiger partial charge >= 0.3 is 0 Å². The first-order valence-corrected chi connectivity index (χ1v) is 6.40. The SMILES string of the molecule is Cc1ccc(OCCOc2ccc(Cl)cc2)cc1N. The first-order chi connectivity index (χ1) is 9.15. The molecule has 2 N–H and O–H groups in total. The van der Waals surface area contributed by atoms with Crippen LogP contribution >= 0.6 is 11.6 Å². The van der Waals surface area contributed by atoms with Gasteiger partial charge in [0.05, 0.1) is 0 Å². The third-order valence-electron chi connectivity index (χ3n) is 2.69. The zero-order chi connectivity index (χ0) is 13.7. The van der Waals surface area contributed by atoms with Crippen molar-refractivity contribution in [3.8, 4) is 11.5 Å². The van der Waals surface area contributed by atoms with Gasteiger partial charge in [0.25, 0.3) is 0 Å². The number of benzene rings is 2. The van der Waals surface area contributed by atoms with Gasteiger partial charge < -0.3 is 15.2 Å². The van der Waals surface area contributed by atoms with E-state index in [4.69, 9.17) is 26.8 Å². The van der Waals surface area contributed by atoms with E-state index in [1.54, 1.807) is 12.1 Å². The van der Waals surface area contributed by atoms with Gasteiger partial charge in [0.15, 0.2) is 0 Å². The molecule has 0 fully saturated rings. The number of hydrogen-bond donors (Lipinski definition) is 1. The van der Waals surface area contributed by atoms with Gasteiger partial charge in [-0.1, -0.05) is 17.7 Å². The van der Waals surface area contributed by atoms with Crippen LogP contribution in [0.1, 0.15) is 5.56 Å². The van der Waals surface area contributed by atoms with Crippen LogP contribution in [0.25, 0.3) is 0 Å². The van der Waals surface area contributed by atoms with Crippen LogP contribution in [0.5, 0.6) is 11.5 Å². The van der Waals surface area contributed by atoms with Crippen LogP contribution in [0.4, 0.5) is 5.69 Å². The van der Waals surface area contributed by atoms with Crippen LogP contribution in [0.3, 0.4) is 0 Å². The summed E-state index contributed by atoms with van der Waals surface area (Å²) in [4.78, 5) is 0. The Balaban J connectivity index is 1.77. The summed E-state index contributed by atoms with van der Waals surface area (Å²) in [5.41, 5.74) is 7.58. The van der Waals surface area contributed by atoms with Gasteiger partial charge in [0.2, 0.25) is 0 Å². The monoisotopic (exact) mass is 277 g/mol. The highest BCUT2D eigenvalue weighted by Gasteiger charge is 1.98. The number of hydrogen-bond acceptors (Lipinski definition) is 3. The van der Waals surface area contributed by atoms with Crippen molar-refractivity contribution in [3.63, 3.8) is 0 Å². The Kier molecular flexibility index (Phi) is 4.53. The van der Waals surface area contributed by atoms with Crippen molar-refractivity contribution >= 4 is 17.3 Å². The maximum Gasteiger partial charge on any atom is 0.122 e. The Labute approximate surface area is 117 Å². The van der Waals surface area contributed by atoms with Gasteiger partial charge in [-0.05, 0) is 42.8 Å². The molecule has 2 aromatic rings. The summed E-state index contributed by atoms with van der Waals surface area (Å²) >= 11 is 5.79. The highest BCUT2D eigenvalue weighted by molar-refractivity contribution is 6.30. The molecule has 0 heterocycles. The van der Waals surface area contributed by atoms with Crippen molar-refractivity contribution in [2.24, 2.45) is 0 Å². The molecule has 0 bridgehead atoms. The summed E-state index contributed by atoms with van der Waals surface area (Å²) < 4.78 is 11.1. The van der Waals surface area contributed by atoms with Crippen molar-refractivity contribution in [3.05, 3.63) is 53.1 Å². The van der Waals surface area contributed by atoms with Gasteiger partial charge in [-0.25, -0.2) is 0 Å². The molecule has 0 radical (unpaired) electrons. The van der Waals surface area contributed by atoms with Gasteiger partial charge in [-0.15, -0.1) is 0 Å². The van der Waals surface area contributed by atoms with Crippen LogP contribution in [0, 0.1) is 6.92 Å². The van der Waals surface area contributed by atoms with Crippen molar-refractivity contribution in [2.75, 3.05) is 18.9 Å². The molecule has 0 saturated heterocycles. The fraction of sp³-hybridized carbons (Fsp3) is 0.200. The smallest absolute Gasteiger partial charge is 0.122 e. The Morgan fingerprint density at radius 2 is 1.53 bits per heavy atom. The average Bonchev–Trinajstić information content (AvgIpc) is 2.41. The van der Waals surface area contributed by atoms with Crippen LogP contribution in [0.15, 0.2) is 42.5 Å². The molecular formula is C15H16ClNO2. The normalized spacial score (nSPS) is 10.2. The zero-order valence-electron chi connectivity index (χ0n) is 10.7. The predicted molar refractivity (Wildman–Crippen MR) is 78.0 cm³/mol. The third kappa shape index (κ3) is 4.07. The Hall–Kier alpha value is -1.87. The lowest BCUT2D eigenvalue weighted by Gasteiger charge is -2.09. The minimum absolute atomic E-state index is 0.463. The lowest BCUT2D eigenvalue weighted by atomic mass is 10.2. The van der Waals surface area contributed by atoms with E-state index in [-0.39, 0.29) is 0 Å². The Morgan fingerprint density at radius 3 is 2.16 bits per heavy atom. The van der Waals surface area contributed by atoms with Gasteiger partial charge in [0.1, 0.15) is 24.7 Å². The predicted octanol–water partition coefficient (Wildman–Crippen LogP) is 3.69. The van der Waals surface area contributed by atoms with Crippen LogP contribution in [-0.2, 0) is 0 Å². The second-order valence-electron chi connectivity index (χ2n) is 4.17. The maximum atomic E-state index is 5.81. The molecule has 19 heavy (non-hydrogen) atoms. The minimum Gasteiger partial charge on any atom is -0.490 e. The highest BCUT2D eigenvalue weighted by atomic mass is 35.5. The standard InChI is InChI=1S/C15H16ClNO2/c1-11-2-5-14(10-15(11)17)19-9-8-18-13-6-3-12(16)4-7-13/h2-7,10H,8-9,17H2,1H3. The Morgan fingerprint density at radius 1 is 0.947 bits per heavy atom. The maximum absolute atomic E-state index is 5.81. The molecular weight excluding hydrogens is 262 g/mol. The van der Waals surface area contributed by atoms with E-state index in [1.807, 2.05) is 37.3 Å². The van der Waals surface area contributed by atoms with E-state index >= 15 is 0 Å². The van der Waals surface area contributed by atoms with Gasteiger partial charge in [-0.3, -0.25) is 0 Å². The van der Waals surface area contributed by atoms with Crippen LogP contribution in [-0.4, -0.2) is 13.2 Å². The van der Waals surface area contributed by atoms with E-state index in [0.29, 0.717) is 18.2 Å². The molecule has 4 heteroatoms. The molecule has 0 unspecified atom stereocenters. The number of ether oxygens (including phenoxy) is 2. The average molecular weight is 278 g/mol. The molecule has 2 aromatic carbocycles. The molecule has 0 aromatic heterocycles. The van der Waals surface area contributed by atoms with Crippen molar-refractivity contribution in [2.45, 2.75) is 6.92 Å². The lowest BCUT2D eigenvalue weighted by Crippen LogP contribution is -2.09. The minimum atomic E-state index is 0.463. The van der Waals surface area contributed by atoms with E-state index < -0.39 is 0 Å². The van der Waals surface area contributed by atoms with E-state index in [0.717, 1.165) is 22.7 Å². The molecule has 100 valence electrons. The fourth-order valence-corrected chi connectivity index (χ4v) is 1.68. The summed E-state index contributed by atoms with van der Waals surface area (Å²) in [6.07, 6.45) is 0. The summed E-state index contributed by atoms with van der Waals surface area (Å²) in [5, 5.41) is 0.693. The second kappa shape index (κ2) is 6.34. The molecule has 3 nitrogen and oxygen atoms in total. The lowest BCUT2D eigenvalue weighted by molar-refractivity contribution is 0.217. The molecule has 0 atom stereocenters. The number of halogens is 1. The fourth-order valence-electron chi connectivity index (χ4n) is 1.56. The van der Waals surface area contributed by atoms with Gasteiger partial charge in [-0.2, -0.15) is 0 Å². The first kappa shape index (κ1) is 13.6. The Bertz CT molecular complexity index is 540. The summed E-state index contributed by atoms with van der Waals surface area (Å²) in [6.45, 7) is 2.89. The quantitative estimate of drug-likeness (QED) is 0.670. The number of nitrogen functional groups attached to an aromatic ring is 1. The number of nitrogens with two attached hydrogens (primary N) is 1. The topological polar surface area (TPSA) is 44.5 Å². The first-order valence-electron chi connectivity index (χ1n) is 6.02. The number of anilines is 1. The second-order valence-corrected chi connectivity index (χ2v) is 4.61. The van der Waals surface area contributed by atoms with Crippen molar-refractivity contribution in [1.29, 1.82) is 0 Å². The van der Waals surface area contributed by atoms with Crippen LogP contribution < -0.4 is 15.2 Å². The summed E-state index contributed by atoms with van der Waals surface area (Å²) in [5.74, 6) is 1.53. The summed E-state index contributed by atoms with van der Waals surface area (Å²) in [6, 6.07) is 12.9. The molecule has 0 aliphatic heterocycles. The summed E-state index contributed by atoms with van der Waals surface area (Å²) in [7, 11) is 0. The molecule has 2 rings (SSSR count). The number of rotatable bonds is 5. The number of aryl methyl sites for hydroxylation is 1. The van der Waals surface area contributed by atoms with E-state index in [9.17, 15) is 0 Å². The molecule has 0 spiro atoms. The third-order valence-corrected chi connectivity index (χ3v) is 2.94. The molecule has 0 saturated carbocycles. The molecule has 0 aliphatic rings. The van der Waals surface area contributed by atoms with Crippen molar-refractivity contribution in [1.82, 2.24) is 0 Å². The highest BCUT2D eigenvalue weighted by Crippen LogP contribution is 2.19. The van der Waals surface area contributed by atoms with Crippen LogP contribution in [0.2, 0.25) is 5.02 Å².